The topological polar surface area (TPSA) is 53.1 Å². The summed E-state index contributed by atoms with van der Waals surface area (Å²) in [4.78, 5) is 31.6. The number of aryl methyl sites for hydroxylation is 1. The minimum absolute atomic E-state index is 0.0724. The minimum Gasteiger partial charge on any atom is -0.492 e. The van der Waals surface area contributed by atoms with E-state index in [0.717, 1.165) is 30.1 Å². The van der Waals surface area contributed by atoms with Gasteiger partial charge in [-0.25, -0.2) is 0 Å². The van der Waals surface area contributed by atoms with Gasteiger partial charge in [0.15, 0.2) is 0 Å². The molecule has 31 heavy (non-hydrogen) atoms. The van der Waals surface area contributed by atoms with Crippen molar-refractivity contribution in [1.82, 2.24) is 9.80 Å². The molecule has 0 saturated carbocycles. The quantitative estimate of drug-likeness (QED) is 0.719. The predicted octanol–water partition coefficient (Wildman–Crippen LogP) is 3.09. The number of carbonyl (C=O) groups excluding carboxylic acids is 2. The van der Waals surface area contributed by atoms with Crippen LogP contribution in [0, 0.1) is 12.8 Å². The Balaban J connectivity index is 1.33. The summed E-state index contributed by atoms with van der Waals surface area (Å²) >= 11 is 0. The maximum Gasteiger partial charge on any atom is 0.228 e. The highest BCUT2D eigenvalue weighted by molar-refractivity contribution is 5.89. The van der Waals surface area contributed by atoms with Crippen molar-refractivity contribution in [2.24, 2.45) is 5.92 Å². The first-order valence-corrected chi connectivity index (χ1v) is 11.1. The molecule has 164 valence electrons. The molecule has 0 bridgehead atoms. The van der Waals surface area contributed by atoms with E-state index in [-0.39, 0.29) is 17.7 Å². The summed E-state index contributed by atoms with van der Waals surface area (Å²) in [5.41, 5.74) is 3.39. The number of benzene rings is 2. The number of hydrogen-bond acceptors (Lipinski definition) is 4. The number of hydrogen-bond donors (Lipinski definition) is 0. The first-order valence-electron chi connectivity index (χ1n) is 11.1. The molecule has 2 aromatic rings. The Morgan fingerprint density at radius 3 is 2.45 bits per heavy atom. The number of nitrogens with zero attached hydrogens (tertiary/aromatic N) is 3. The fourth-order valence-corrected chi connectivity index (χ4v) is 4.43. The lowest BCUT2D eigenvalue weighted by Crippen LogP contribution is -2.50. The first-order chi connectivity index (χ1) is 15.0. The number of piperazine rings is 1. The van der Waals surface area contributed by atoms with Gasteiger partial charge < -0.3 is 19.4 Å². The lowest BCUT2D eigenvalue weighted by Gasteiger charge is -2.37. The van der Waals surface area contributed by atoms with Crippen molar-refractivity contribution in [2.45, 2.75) is 26.8 Å². The minimum atomic E-state index is -0.236. The predicted molar refractivity (Wildman–Crippen MR) is 121 cm³/mol. The summed E-state index contributed by atoms with van der Waals surface area (Å²) in [6.45, 7) is 8.62. The van der Waals surface area contributed by atoms with Gasteiger partial charge in [0.25, 0.3) is 0 Å². The number of rotatable bonds is 6. The summed E-state index contributed by atoms with van der Waals surface area (Å²) < 4.78 is 5.76. The zero-order chi connectivity index (χ0) is 21.8. The highest BCUT2D eigenvalue weighted by Crippen LogP contribution is 2.29. The molecule has 0 radical (unpaired) electrons. The van der Waals surface area contributed by atoms with Gasteiger partial charge in [0.1, 0.15) is 5.75 Å². The van der Waals surface area contributed by atoms with E-state index in [1.807, 2.05) is 34.9 Å². The SMILES string of the molecule is CCOc1ccccc1N1CCN(C(=O)C2CC(=O)N(Cc3ccc(C)cc3)C2)CC1. The molecule has 2 fully saturated rings. The number of carbonyl (C=O) groups is 2. The van der Waals surface area contributed by atoms with Crippen LogP contribution in [0.3, 0.4) is 0 Å². The third-order valence-corrected chi connectivity index (χ3v) is 6.15. The number of anilines is 1. The molecule has 6 heteroatoms. The number of likely N-dealkylation sites (tertiary alicyclic amines) is 1. The molecular weight excluding hydrogens is 390 g/mol. The van der Waals surface area contributed by atoms with E-state index in [1.54, 1.807) is 0 Å². The third kappa shape index (κ3) is 4.84. The van der Waals surface area contributed by atoms with Crippen molar-refractivity contribution < 1.29 is 14.3 Å². The van der Waals surface area contributed by atoms with Gasteiger partial charge in [0.2, 0.25) is 11.8 Å². The second kappa shape index (κ2) is 9.41. The zero-order valence-electron chi connectivity index (χ0n) is 18.4. The van der Waals surface area contributed by atoms with Crippen molar-refractivity contribution in [3.8, 4) is 5.75 Å². The fourth-order valence-electron chi connectivity index (χ4n) is 4.43. The summed E-state index contributed by atoms with van der Waals surface area (Å²) in [6.07, 6.45) is 0.318. The van der Waals surface area contributed by atoms with Gasteiger partial charge in [-0.2, -0.15) is 0 Å². The monoisotopic (exact) mass is 421 g/mol. The molecule has 1 atom stereocenters. The standard InChI is InChI=1S/C25H31N3O3/c1-3-31-23-7-5-4-6-22(23)26-12-14-27(15-13-26)25(30)21-16-24(29)28(18-21)17-20-10-8-19(2)9-11-20/h4-11,21H,3,12-18H2,1-2H3. The molecule has 2 amide bonds. The van der Waals surface area contributed by atoms with Gasteiger partial charge in [-0.05, 0) is 31.5 Å². The van der Waals surface area contributed by atoms with E-state index in [4.69, 9.17) is 4.74 Å². The molecule has 0 aliphatic carbocycles. The molecule has 2 aliphatic heterocycles. The first kappa shape index (κ1) is 21.2. The molecule has 2 aromatic carbocycles. The Hall–Kier alpha value is -3.02. The number of ether oxygens (including phenoxy) is 1. The maximum atomic E-state index is 13.1. The van der Waals surface area contributed by atoms with E-state index in [2.05, 4.69) is 42.2 Å². The molecule has 0 aromatic heterocycles. The molecule has 1 unspecified atom stereocenters. The van der Waals surface area contributed by atoms with Crippen molar-refractivity contribution in [2.75, 3.05) is 44.2 Å². The van der Waals surface area contributed by atoms with Crippen LogP contribution in [-0.4, -0.2) is 60.9 Å². The highest BCUT2D eigenvalue weighted by Gasteiger charge is 2.37. The molecule has 2 heterocycles. The largest absolute Gasteiger partial charge is 0.492 e. The average molecular weight is 422 g/mol. The van der Waals surface area contributed by atoms with E-state index < -0.39 is 0 Å². The van der Waals surface area contributed by atoms with Crippen molar-refractivity contribution in [3.63, 3.8) is 0 Å². The fraction of sp³-hybridized carbons (Fsp3) is 0.440. The second-order valence-electron chi connectivity index (χ2n) is 8.37. The van der Waals surface area contributed by atoms with E-state index in [1.165, 1.54) is 5.56 Å². The van der Waals surface area contributed by atoms with Crippen LogP contribution in [0.25, 0.3) is 0 Å². The van der Waals surface area contributed by atoms with Gasteiger partial charge in [0.05, 0.1) is 18.2 Å². The van der Waals surface area contributed by atoms with Gasteiger partial charge in [-0.15, -0.1) is 0 Å². The molecule has 6 nitrogen and oxygen atoms in total. The van der Waals surface area contributed by atoms with Crippen LogP contribution in [0.1, 0.15) is 24.5 Å². The Morgan fingerprint density at radius 1 is 1.03 bits per heavy atom. The summed E-state index contributed by atoms with van der Waals surface area (Å²) in [5, 5.41) is 0. The number of amides is 2. The summed E-state index contributed by atoms with van der Waals surface area (Å²) in [6, 6.07) is 16.3. The Bertz CT molecular complexity index is 920. The Morgan fingerprint density at radius 2 is 1.74 bits per heavy atom. The average Bonchev–Trinajstić information content (AvgIpc) is 3.16. The molecular formula is C25H31N3O3. The van der Waals surface area contributed by atoms with Crippen molar-refractivity contribution in [3.05, 3.63) is 59.7 Å². The van der Waals surface area contributed by atoms with Crippen LogP contribution in [-0.2, 0) is 16.1 Å². The van der Waals surface area contributed by atoms with Gasteiger partial charge in [-0.1, -0.05) is 42.0 Å². The van der Waals surface area contributed by atoms with E-state index >= 15 is 0 Å². The van der Waals surface area contributed by atoms with Gasteiger partial charge in [-0.3, -0.25) is 9.59 Å². The molecule has 0 spiro atoms. The van der Waals surface area contributed by atoms with Crippen LogP contribution >= 0.6 is 0 Å². The lowest BCUT2D eigenvalue weighted by atomic mass is 10.1. The van der Waals surface area contributed by atoms with Gasteiger partial charge >= 0.3 is 0 Å². The van der Waals surface area contributed by atoms with E-state index in [0.29, 0.717) is 39.2 Å². The second-order valence-corrected chi connectivity index (χ2v) is 8.37. The number of para-hydroxylation sites is 2. The van der Waals surface area contributed by atoms with Crippen molar-refractivity contribution >= 4 is 17.5 Å². The molecule has 0 N–H and O–H groups in total. The Labute approximate surface area is 184 Å². The normalized spacial score (nSPS) is 19.1. The van der Waals surface area contributed by atoms with Crippen molar-refractivity contribution in [1.29, 1.82) is 0 Å². The Kier molecular flexibility index (Phi) is 6.44. The maximum absolute atomic E-state index is 13.1. The zero-order valence-corrected chi connectivity index (χ0v) is 18.4. The van der Waals surface area contributed by atoms with E-state index in [9.17, 15) is 9.59 Å². The van der Waals surface area contributed by atoms with Gasteiger partial charge in [0, 0.05) is 45.7 Å². The summed E-state index contributed by atoms with van der Waals surface area (Å²) in [7, 11) is 0. The third-order valence-electron chi connectivity index (χ3n) is 6.15. The van der Waals surface area contributed by atoms with Crippen LogP contribution in [0.2, 0.25) is 0 Å². The molecule has 2 aliphatic rings. The molecule has 4 rings (SSSR count). The van der Waals surface area contributed by atoms with Crippen LogP contribution in [0.15, 0.2) is 48.5 Å². The van der Waals surface area contributed by atoms with Crippen LogP contribution in [0.4, 0.5) is 5.69 Å². The smallest absolute Gasteiger partial charge is 0.228 e. The van der Waals surface area contributed by atoms with Crippen LogP contribution < -0.4 is 9.64 Å². The molecule has 2 saturated heterocycles. The summed E-state index contributed by atoms with van der Waals surface area (Å²) in [5.74, 6) is 0.832. The lowest BCUT2D eigenvalue weighted by molar-refractivity contribution is -0.136. The highest BCUT2D eigenvalue weighted by atomic mass is 16.5. The van der Waals surface area contributed by atoms with Crippen LogP contribution in [0.5, 0.6) is 5.75 Å².